The lowest BCUT2D eigenvalue weighted by Crippen LogP contribution is -2.30. The Morgan fingerprint density at radius 1 is 1.33 bits per heavy atom. The molecule has 0 radical (unpaired) electrons. The topological polar surface area (TPSA) is 29.3 Å². The standard InChI is InChI=1S/C16H26N2/c1-3-16-5-4-11-18(16)12-10-13(2)14-6-8-15(17)9-7-14/h6-9,13,16H,3-5,10-12,17H2,1-2H3. The van der Waals surface area contributed by atoms with Crippen LogP contribution < -0.4 is 5.73 Å². The van der Waals surface area contributed by atoms with Crippen LogP contribution in [0.1, 0.15) is 51.0 Å². The average molecular weight is 246 g/mol. The van der Waals surface area contributed by atoms with Gasteiger partial charge >= 0.3 is 0 Å². The quantitative estimate of drug-likeness (QED) is 0.804. The Bertz CT molecular complexity index is 358. The molecule has 0 aromatic heterocycles. The van der Waals surface area contributed by atoms with Crippen LogP contribution in [0.15, 0.2) is 24.3 Å². The molecule has 0 aliphatic carbocycles. The fraction of sp³-hybridized carbons (Fsp3) is 0.625. The monoisotopic (exact) mass is 246 g/mol. The van der Waals surface area contributed by atoms with Crippen LogP contribution in [0.4, 0.5) is 5.69 Å². The molecule has 0 amide bonds. The van der Waals surface area contributed by atoms with Crippen molar-refractivity contribution in [2.24, 2.45) is 0 Å². The number of nitrogen functional groups attached to an aromatic ring is 1. The molecule has 0 bridgehead atoms. The summed E-state index contributed by atoms with van der Waals surface area (Å²) in [6, 6.07) is 9.19. The fourth-order valence-corrected chi connectivity index (χ4v) is 3.00. The van der Waals surface area contributed by atoms with Crippen molar-refractivity contribution in [3.05, 3.63) is 29.8 Å². The van der Waals surface area contributed by atoms with E-state index in [1.54, 1.807) is 0 Å². The molecule has 18 heavy (non-hydrogen) atoms. The maximum Gasteiger partial charge on any atom is 0.0314 e. The van der Waals surface area contributed by atoms with Crippen LogP contribution in [-0.4, -0.2) is 24.0 Å². The number of anilines is 1. The molecule has 2 heteroatoms. The Balaban J connectivity index is 1.84. The van der Waals surface area contributed by atoms with Gasteiger partial charge in [-0.1, -0.05) is 26.0 Å². The minimum atomic E-state index is 0.628. The fourth-order valence-electron chi connectivity index (χ4n) is 3.00. The van der Waals surface area contributed by atoms with E-state index in [1.807, 2.05) is 12.1 Å². The molecule has 2 N–H and O–H groups in total. The van der Waals surface area contributed by atoms with Gasteiger partial charge in [-0.15, -0.1) is 0 Å². The number of nitrogens with zero attached hydrogens (tertiary/aromatic N) is 1. The maximum absolute atomic E-state index is 5.73. The lowest BCUT2D eigenvalue weighted by Gasteiger charge is -2.25. The van der Waals surface area contributed by atoms with Crippen LogP contribution in [0.25, 0.3) is 0 Å². The van der Waals surface area contributed by atoms with Crippen molar-refractivity contribution >= 4 is 5.69 Å². The summed E-state index contributed by atoms with van der Waals surface area (Å²) in [7, 11) is 0. The predicted molar refractivity (Wildman–Crippen MR) is 78.8 cm³/mol. The van der Waals surface area contributed by atoms with Crippen molar-refractivity contribution in [1.82, 2.24) is 4.90 Å². The maximum atomic E-state index is 5.73. The highest BCUT2D eigenvalue weighted by Crippen LogP contribution is 2.24. The van der Waals surface area contributed by atoms with Crippen LogP contribution in [-0.2, 0) is 0 Å². The number of hydrogen-bond acceptors (Lipinski definition) is 2. The molecular weight excluding hydrogens is 220 g/mol. The van der Waals surface area contributed by atoms with E-state index < -0.39 is 0 Å². The van der Waals surface area contributed by atoms with Crippen molar-refractivity contribution in [2.45, 2.75) is 51.5 Å². The largest absolute Gasteiger partial charge is 0.399 e. The first-order valence-corrected chi connectivity index (χ1v) is 7.30. The van der Waals surface area contributed by atoms with E-state index in [2.05, 4.69) is 30.9 Å². The van der Waals surface area contributed by atoms with Gasteiger partial charge in [0.05, 0.1) is 0 Å². The van der Waals surface area contributed by atoms with Gasteiger partial charge in [0.1, 0.15) is 0 Å². The number of hydrogen-bond donors (Lipinski definition) is 1. The lowest BCUT2D eigenvalue weighted by molar-refractivity contribution is 0.240. The summed E-state index contributed by atoms with van der Waals surface area (Å²) in [6.45, 7) is 7.17. The third-order valence-electron chi connectivity index (χ3n) is 4.33. The Morgan fingerprint density at radius 2 is 2.06 bits per heavy atom. The van der Waals surface area contributed by atoms with Crippen LogP contribution in [0.3, 0.4) is 0 Å². The molecule has 2 rings (SSSR count). The molecule has 0 spiro atoms. The molecule has 1 aliphatic rings. The van der Waals surface area contributed by atoms with Crippen molar-refractivity contribution in [1.29, 1.82) is 0 Å². The van der Waals surface area contributed by atoms with Crippen molar-refractivity contribution in [2.75, 3.05) is 18.8 Å². The molecule has 0 saturated carbocycles. The third-order valence-corrected chi connectivity index (χ3v) is 4.33. The van der Waals surface area contributed by atoms with Gasteiger partial charge in [0.2, 0.25) is 0 Å². The molecule has 100 valence electrons. The van der Waals surface area contributed by atoms with Gasteiger partial charge in [-0.2, -0.15) is 0 Å². The van der Waals surface area contributed by atoms with Gasteiger partial charge in [-0.25, -0.2) is 0 Å². The van der Waals surface area contributed by atoms with Crippen molar-refractivity contribution in [3.8, 4) is 0 Å². The smallest absolute Gasteiger partial charge is 0.0314 e. The average Bonchev–Trinajstić information content (AvgIpc) is 2.84. The first-order chi connectivity index (χ1) is 8.70. The first-order valence-electron chi connectivity index (χ1n) is 7.30. The van der Waals surface area contributed by atoms with Gasteiger partial charge in [0.15, 0.2) is 0 Å². The normalized spacial score (nSPS) is 22.2. The minimum Gasteiger partial charge on any atom is -0.399 e. The molecule has 2 atom stereocenters. The van der Waals surface area contributed by atoms with Crippen LogP contribution in [0.5, 0.6) is 0 Å². The van der Waals surface area contributed by atoms with Gasteiger partial charge in [0, 0.05) is 11.7 Å². The molecule has 1 aromatic rings. The number of benzene rings is 1. The number of nitrogens with two attached hydrogens (primary N) is 1. The Kier molecular flexibility index (Phi) is 4.65. The SMILES string of the molecule is CCC1CCCN1CCC(C)c1ccc(N)cc1. The zero-order valence-electron chi connectivity index (χ0n) is 11.7. The van der Waals surface area contributed by atoms with E-state index in [9.17, 15) is 0 Å². The highest BCUT2D eigenvalue weighted by atomic mass is 15.2. The molecule has 1 fully saturated rings. The Morgan fingerprint density at radius 3 is 2.72 bits per heavy atom. The van der Waals surface area contributed by atoms with E-state index >= 15 is 0 Å². The Labute approximate surface area is 111 Å². The lowest BCUT2D eigenvalue weighted by atomic mass is 9.97. The van der Waals surface area contributed by atoms with E-state index in [-0.39, 0.29) is 0 Å². The van der Waals surface area contributed by atoms with Crippen LogP contribution in [0.2, 0.25) is 0 Å². The van der Waals surface area contributed by atoms with Gasteiger partial charge in [-0.05, 0) is 62.4 Å². The molecule has 1 heterocycles. The third kappa shape index (κ3) is 3.26. The summed E-state index contributed by atoms with van der Waals surface area (Å²) < 4.78 is 0. The number of likely N-dealkylation sites (tertiary alicyclic amines) is 1. The van der Waals surface area contributed by atoms with Crippen molar-refractivity contribution < 1.29 is 0 Å². The zero-order valence-corrected chi connectivity index (χ0v) is 11.7. The van der Waals surface area contributed by atoms with Crippen molar-refractivity contribution in [3.63, 3.8) is 0 Å². The summed E-state index contributed by atoms with van der Waals surface area (Å²) in [6.07, 6.45) is 5.33. The summed E-state index contributed by atoms with van der Waals surface area (Å²) in [5.41, 5.74) is 8.00. The highest BCUT2D eigenvalue weighted by Gasteiger charge is 2.22. The van der Waals surface area contributed by atoms with E-state index in [0.717, 1.165) is 11.7 Å². The second kappa shape index (κ2) is 6.24. The first kappa shape index (κ1) is 13.4. The minimum absolute atomic E-state index is 0.628. The van der Waals surface area contributed by atoms with E-state index in [1.165, 1.54) is 44.3 Å². The molecular formula is C16H26N2. The van der Waals surface area contributed by atoms with Gasteiger partial charge < -0.3 is 10.6 Å². The van der Waals surface area contributed by atoms with E-state index in [4.69, 9.17) is 5.73 Å². The second-order valence-electron chi connectivity index (χ2n) is 5.60. The summed E-state index contributed by atoms with van der Waals surface area (Å²) in [4.78, 5) is 2.67. The van der Waals surface area contributed by atoms with E-state index in [0.29, 0.717) is 5.92 Å². The summed E-state index contributed by atoms with van der Waals surface area (Å²) >= 11 is 0. The van der Waals surface area contributed by atoms with Gasteiger partial charge in [0.25, 0.3) is 0 Å². The van der Waals surface area contributed by atoms with Gasteiger partial charge in [-0.3, -0.25) is 0 Å². The molecule has 1 aliphatic heterocycles. The summed E-state index contributed by atoms with van der Waals surface area (Å²) in [5.74, 6) is 0.628. The molecule has 1 saturated heterocycles. The van der Waals surface area contributed by atoms with Crippen LogP contribution in [0, 0.1) is 0 Å². The molecule has 2 nitrogen and oxygen atoms in total. The zero-order chi connectivity index (χ0) is 13.0. The van der Waals surface area contributed by atoms with Crippen LogP contribution >= 0.6 is 0 Å². The second-order valence-corrected chi connectivity index (χ2v) is 5.60. The summed E-state index contributed by atoms with van der Waals surface area (Å²) in [5, 5.41) is 0. The highest BCUT2D eigenvalue weighted by molar-refractivity contribution is 5.40. The molecule has 1 aromatic carbocycles. The molecule has 2 unspecified atom stereocenters. The predicted octanol–water partition coefficient (Wildman–Crippen LogP) is 3.64. The number of rotatable bonds is 5. The Hall–Kier alpha value is -1.02.